The molecule has 0 aliphatic heterocycles. The molecule has 0 saturated carbocycles. The van der Waals surface area contributed by atoms with Crippen LogP contribution >= 0.6 is 0 Å². The molecule has 0 radical (unpaired) electrons. The molecule has 2 aromatic heterocycles. The Morgan fingerprint density at radius 1 is 1.29 bits per heavy atom. The number of hydrogen-bond acceptors (Lipinski definition) is 3. The normalized spacial score (nSPS) is 12.4. The van der Waals surface area contributed by atoms with Crippen molar-refractivity contribution in [3.05, 3.63) is 54.5 Å². The lowest BCUT2D eigenvalue weighted by Gasteiger charge is -2.08. The highest BCUT2D eigenvalue weighted by Gasteiger charge is 2.16. The summed E-state index contributed by atoms with van der Waals surface area (Å²) in [6, 6.07) is 8.91. The molecule has 5 nitrogen and oxygen atoms in total. The number of nitrogens with one attached hydrogen (secondary N) is 1. The molecule has 2 heterocycles. The lowest BCUT2D eigenvalue weighted by molar-refractivity contribution is -0.138. The van der Waals surface area contributed by atoms with Gasteiger partial charge in [-0.15, -0.1) is 0 Å². The van der Waals surface area contributed by atoms with Crippen LogP contribution in [0.4, 0.5) is 0 Å². The molecule has 0 spiro atoms. The van der Waals surface area contributed by atoms with Crippen LogP contribution in [0.3, 0.4) is 0 Å². The van der Waals surface area contributed by atoms with Crippen molar-refractivity contribution in [2.75, 3.05) is 0 Å². The molecule has 106 valence electrons. The van der Waals surface area contributed by atoms with E-state index >= 15 is 0 Å². The number of nitrogens with zero attached hydrogens (tertiary/aromatic N) is 1. The number of benzene rings is 1. The molecular weight excluding hydrogens is 266 g/mol. The van der Waals surface area contributed by atoms with E-state index in [0.717, 1.165) is 27.6 Å². The van der Waals surface area contributed by atoms with Gasteiger partial charge >= 0.3 is 5.97 Å². The van der Waals surface area contributed by atoms with E-state index < -0.39 is 12.0 Å². The van der Waals surface area contributed by atoms with Crippen LogP contribution in [0.2, 0.25) is 0 Å². The Balaban J connectivity index is 2.13. The topological polar surface area (TPSA) is 92.0 Å². The minimum Gasteiger partial charge on any atom is -0.480 e. The van der Waals surface area contributed by atoms with Crippen LogP contribution in [0.15, 0.2) is 48.9 Å². The summed E-state index contributed by atoms with van der Waals surface area (Å²) >= 11 is 0. The summed E-state index contributed by atoms with van der Waals surface area (Å²) in [5, 5.41) is 10.0. The highest BCUT2D eigenvalue weighted by Crippen LogP contribution is 2.31. The van der Waals surface area contributed by atoms with Gasteiger partial charge in [-0.3, -0.25) is 9.78 Å². The van der Waals surface area contributed by atoms with Gasteiger partial charge in [0.15, 0.2) is 0 Å². The van der Waals surface area contributed by atoms with Gasteiger partial charge in [0.25, 0.3) is 0 Å². The van der Waals surface area contributed by atoms with Crippen molar-refractivity contribution < 1.29 is 9.90 Å². The van der Waals surface area contributed by atoms with Crippen LogP contribution in [0.25, 0.3) is 22.0 Å². The van der Waals surface area contributed by atoms with Gasteiger partial charge in [0.05, 0.1) is 0 Å². The van der Waals surface area contributed by atoms with Crippen molar-refractivity contribution in [1.29, 1.82) is 0 Å². The number of rotatable bonds is 4. The molecule has 1 aromatic carbocycles. The number of pyridine rings is 1. The molecule has 0 saturated heterocycles. The lowest BCUT2D eigenvalue weighted by atomic mass is 9.97. The summed E-state index contributed by atoms with van der Waals surface area (Å²) in [5.74, 6) is -0.995. The molecule has 0 fully saturated rings. The zero-order chi connectivity index (χ0) is 14.8. The summed E-state index contributed by atoms with van der Waals surface area (Å²) in [7, 11) is 0. The Labute approximate surface area is 121 Å². The number of aromatic amines is 1. The van der Waals surface area contributed by atoms with Crippen molar-refractivity contribution in [3.63, 3.8) is 0 Å². The van der Waals surface area contributed by atoms with Gasteiger partial charge in [-0.05, 0) is 34.9 Å². The number of carboxylic acid groups (broad SMARTS) is 1. The van der Waals surface area contributed by atoms with Crippen LogP contribution in [0.5, 0.6) is 0 Å². The summed E-state index contributed by atoms with van der Waals surface area (Å²) in [6.45, 7) is 0. The maximum absolute atomic E-state index is 11.0. The zero-order valence-electron chi connectivity index (χ0n) is 11.3. The SMILES string of the molecule is NC(Cc1c[nH]c2cccc(-c3ccncc3)c12)C(=O)O. The van der Waals surface area contributed by atoms with Crippen molar-refractivity contribution in [1.82, 2.24) is 9.97 Å². The highest BCUT2D eigenvalue weighted by atomic mass is 16.4. The van der Waals surface area contributed by atoms with E-state index in [1.807, 2.05) is 36.5 Å². The Morgan fingerprint density at radius 2 is 2.05 bits per heavy atom. The number of aromatic nitrogens is 2. The minimum absolute atomic E-state index is 0.289. The zero-order valence-corrected chi connectivity index (χ0v) is 11.3. The molecule has 1 unspecified atom stereocenters. The minimum atomic E-state index is -0.995. The molecule has 0 amide bonds. The summed E-state index contributed by atoms with van der Waals surface area (Å²) in [4.78, 5) is 18.2. The molecule has 3 rings (SSSR count). The van der Waals surface area contributed by atoms with Gasteiger partial charge in [-0.2, -0.15) is 0 Å². The molecule has 5 heteroatoms. The van der Waals surface area contributed by atoms with Crippen LogP contribution in [0, 0.1) is 0 Å². The van der Waals surface area contributed by atoms with Crippen LogP contribution in [-0.4, -0.2) is 27.1 Å². The fraction of sp³-hybridized carbons (Fsp3) is 0.125. The van der Waals surface area contributed by atoms with Crippen molar-refractivity contribution in [3.8, 4) is 11.1 Å². The number of carboxylic acids is 1. The van der Waals surface area contributed by atoms with E-state index in [1.165, 1.54) is 0 Å². The van der Waals surface area contributed by atoms with E-state index in [9.17, 15) is 4.79 Å². The lowest BCUT2D eigenvalue weighted by Crippen LogP contribution is -2.32. The summed E-state index contributed by atoms with van der Waals surface area (Å²) < 4.78 is 0. The molecule has 4 N–H and O–H groups in total. The predicted molar refractivity (Wildman–Crippen MR) is 80.8 cm³/mol. The van der Waals surface area contributed by atoms with E-state index in [2.05, 4.69) is 9.97 Å². The van der Waals surface area contributed by atoms with E-state index in [0.29, 0.717) is 0 Å². The number of H-pyrrole nitrogens is 1. The van der Waals surface area contributed by atoms with Crippen molar-refractivity contribution >= 4 is 16.9 Å². The fourth-order valence-electron chi connectivity index (χ4n) is 2.51. The maximum atomic E-state index is 11.0. The fourth-order valence-corrected chi connectivity index (χ4v) is 2.51. The third-order valence-electron chi connectivity index (χ3n) is 3.54. The van der Waals surface area contributed by atoms with Gasteiger partial charge < -0.3 is 15.8 Å². The predicted octanol–water partition coefficient (Wildman–Crippen LogP) is 2.18. The summed E-state index contributed by atoms with van der Waals surface area (Å²) in [6.07, 6.45) is 5.60. The van der Waals surface area contributed by atoms with Crippen LogP contribution in [0.1, 0.15) is 5.56 Å². The smallest absolute Gasteiger partial charge is 0.320 e. The molecule has 0 aliphatic carbocycles. The molecule has 1 atom stereocenters. The second kappa shape index (κ2) is 5.38. The van der Waals surface area contributed by atoms with Gasteiger partial charge in [-0.1, -0.05) is 12.1 Å². The highest BCUT2D eigenvalue weighted by molar-refractivity contribution is 5.98. The largest absolute Gasteiger partial charge is 0.480 e. The second-order valence-electron chi connectivity index (χ2n) is 4.93. The first-order chi connectivity index (χ1) is 10.2. The molecule has 3 aromatic rings. The third kappa shape index (κ3) is 2.51. The maximum Gasteiger partial charge on any atom is 0.320 e. The number of hydrogen-bond donors (Lipinski definition) is 3. The molecule has 21 heavy (non-hydrogen) atoms. The average molecular weight is 281 g/mol. The second-order valence-corrected chi connectivity index (χ2v) is 4.93. The Kier molecular flexibility index (Phi) is 3.41. The quantitative estimate of drug-likeness (QED) is 0.683. The number of fused-ring (bicyclic) bond motifs is 1. The van der Waals surface area contributed by atoms with E-state index in [1.54, 1.807) is 12.4 Å². The van der Waals surface area contributed by atoms with Gasteiger partial charge in [0.1, 0.15) is 6.04 Å². The van der Waals surface area contributed by atoms with E-state index in [4.69, 9.17) is 10.8 Å². The first kappa shape index (κ1) is 13.3. The summed E-state index contributed by atoms with van der Waals surface area (Å²) in [5.41, 5.74) is 9.63. The molecule has 0 bridgehead atoms. The van der Waals surface area contributed by atoms with Gasteiger partial charge in [0.2, 0.25) is 0 Å². The monoisotopic (exact) mass is 281 g/mol. The molecule has 0 aliphatic rings. The van der Waals surface area contributed by atoms with Gasteiger partial charge in [-0.25, -0.2) is 0 Å². The Hall–Kier alpha value is -2.66. The number of nitrogens with two attached hydrogens (primary N) is 1. The first-order valence-electron chi connectivity index (χ1n) is 6.64. The van der Waals surface area contributed by atoms with Crippen molar-refractivity contribution in [2.24, 2.45) is 5.73 Å². The van der Waals surface area contributed by atoms with Gasteiger partial charge in [0, 0.05) is 35.9 Å². The third-order valence-corrected chi connectivity index (χ3v) is 3.54. The Morgan fingerprint density at radius 3 is 2.76 bits per heavy atom. The van der Waals surface area contributed by atoms with Crippen LogP contribution in [-0.2, 0) is 11.2 Å². The van der Waals surface area contributed by atoms with E-state index in [-0.39, 0.29) is 6.42 Å². The average Bonchev–Trinajstić information content (AvgIpc) is 2.91. The standard InChI is InChI=1S/C16H15N3O2/c17-13(16(20)21)8-11-9-19-14-3-1-2-12(15(11)14)10-4-6-18-7-5-10/h1-7,9,13,19H,8,17H2,(H,20,21). The van der Waals surface area contributed by atoms with Crippen LogP contribution < -0.4 is 5.73 Å². The Bertz CT molecular complexity index is 781. The van der Waals surface area contributed by atoms with Crippen molar-refractivity contribution in [2.45, 2.75) is 12.5 Å². The first-order valence-corrected chi connectivity index (χ1v) is 6.64. The molecular formula is C16H15N3O2. The number of carbonyl (C=O) groups is 1. The number of aliphatic carboxylic acids is 1.